The molecule has 0 fully saturated rings. The zero-order valence-corrected chi connectivity index (χ0v) is 24.1. The quantitative estimate of drug-likeness (QED) is 0.291. The maximum Gasteiger partial charge on any atom is 2.00 e. The summed E-state index contributed by atoms with van der Waals surface area (Å²) < 4.78 is 15.6. The first-order valence-corrected chi connectivity index (χ1v) is 11.4. The van der Waals surface area contributed by atoms with Crippen molar-refractivity contribution in [2.75, 3.05) is 0 Å². The van der Waals surface area contributed by atoms with E-state index in [1.54, 1.807) is 0 Å². The molecule has 0 saturated carbocycles. The van der Waals surface area contributed by atoms with Gasteiger partial charge in [-0.25, -0.2) is 0 Å². The molecule has 6 heteroatoms. The van der Waals surface area contributed by atoms with Crippen molar-refractivity contribution >= 4 is 60.8 Å². The molecule has 1 unspecified atom stereocenters. The molecule has 3 nitrogen and oxygen atoms in total. The van der Waals surface area contributed by atoms with Crippen LogP contribution in [-0.4, -0.2) is 47.3 Å². The molecule has 2 N–H and O–H groups in total. The van der Waals surface area contributed by atoms with Crippen LogP contribution in [0.3, 0.4) is 0 Å². The second-order valence-corrected chi connectivity index (χ2v) is 9.03. The second kappa shape index (κ2) is 13.3. The van der Waals surface area contributed by atoms with Crippen LogP contribution >= 0.6 is 12.1 Å². The molecule has 2 aromatic heterocycles. The van der Waals surface area contributed by atoms with Gasteiger partial charge in [0.1, 0.15) is 0 Å². The number of nitrogens with zero attached hydrogens (tertiary/aromatic N) is 2. The average Bonchev–Trinajstić information content (AvgIpc) is 3.00. The number of hydrogen-bond acceptors (Lipinski definition) is 3. The Morgan fingerprint density at radius 2 is 1.88 bits per heavy atom. The number of fused-ring (bicyclic) bond motifs is 1. The first kappa shape index (κ1) is 31.4. The van der Waals surface area contributed by atoms with Gasteiger partial charge in [0.05, 0.1) is 23.5 Å². The van der Waals surface area contributed by atoms with Crippen molar-refractivity contribution in [3.63, 3.8) is 0 Å². The molecule has 1 atom stereocenters. The van der Waals surface area contributed by atoms with Gasteiger partial charge in [0, 0.05) is 40.1 Å². The molecule has 0 radical (unpaired) electrons. The van der Waals surface area contributed by atoms with Gasteiger partial charge in [-0.3, -0.25) is 4.98 Å². The summed E-state index contributed by atoms with van der Waals surface area (Å²) in [7, 11) is 0. The van der Waals surface area contributed by atoms with Crippen molar-refractivity contribution in [2.45, 2.75) is 72.4 Å². The summed E-state index contributed by atoms with van der Waals surface area (Å²) in [6, 6.07) is 7.78. The smallest absolute Gasteiger partial charge is 0.358 e. The number of nitrogens with two attached hydrogens (primary N) is 1. The van der Waals surface area contributed by atoms with Crippen LogP contribution in [-0.2, 0) is 13.0 Å². The van der Waals surface area contributed by atoms with Gasteiger partial charge in [-0.05, 0) is 62.6 Å². The van der Waals surface area contributed by atoms with E-state index in [1.807, 2.05) is 52.1 Å². The topological polar surface area (TPSA) is 43.8 Å². The molecule has 0 aliphatic heterocycles. The monoisotopic (exact) mass is 483 g/mol. The van der Waals surface area contributed by atoms with Gasteiger partial charge in [-0.2, -0.15) is 9.30 Å². The van der Waals surface area contributed by atoms with Gasteiger partial charge in [0.25, 0.3) is 0 Å². The summed E-state index contributed by atoms with van der Waals surface area (Å²) in [5.74, 6) is 0. The predicted molar refractivity (Wildman–Crippen MR) is 142 cm³/mol. The van der Waals surface area contributed by atoms with Crippen LogP contribution in [0.25, 0.3) is 22.2 Å². The number of aromatic nitrogens is 2. The molecule has 3 aromatic rings. The normalized spacial score (nSPS) is 11.8. The van der Waals surface area contributed by atoms with E-state index in [4.69, 9.17) is 5.73 Å². The third-order valence-corrected chi connectivity index (χ3v) is 5.37. The molecule has 0 amide bonds. The summed E-state index contributed by atoms with van der Waals surface area (Å²) in [5.41, 5.74) is 12.6. The third-order valence-electron chi connectivity index (χ3n) is 4.94. The van der Waals surface area contributed by atoms with E-state index in [9.17, 15) is 3.89 Å². The van der Waals surface area contributed by atoms with E-state index < -0.39 is 0 Å². The van der Waals surface area contributed by atoms with Crippen LogP contribution in [0.4, 0.5) is 3.89 Å². The van der Waals surface area contributed by atoms with Gasteiger partial charge >= 0.3 is 37.7 Å². The minimum absolute atomic E-state index is 0. The first-order valence-electron chi connectivity index (χ1n) is 10.7. The number of aryl methyl sites for hydroxylation is 2. The predicted octanol–water partition coefficient (Wildman–Crippen LogP) is 7.53. The molecule has 0 saturated heterocycles. The molecule has 0 bridgehead atoms. The first-order chi connectivity index (χ1) is 14.2. The molecule has 1 aromatic carbocycles. The molecule has 0 spiro atoms. The van der Waals surface area contributed by atoms with Gasteiger partial charge in [-0.15, -0.1) is 0 Å². The van der Waals surface area contributed by atoms with Gasteiger partial charge in [0.2, 0.25) is 0 Å². The molecule has 3 rings (SSSR count). The molecule has 0 aliphatic rings. The summed E-state index contributed by atoms with van der Waals surface area (Å²) in [6.07, 6.45) is 2.64. The molecule has 32 heavy (non-hydrogen) atoms. The maximum atomic E-state index is 13.3. The summed E-state index contributed by atoms with van der Waals surface area (Å²) in [4.78, 5) is 5.27. The minimum atomic E-state index is -0.184. The van der Waals surface area contributed by atoms with Crippen LogP contribution in [0.1, 0.15) is 64.4 Å². The van der Waals surface area contributed by atoms with Crippen molar-refractivity contribution in [3.05, 3.63) is 61.6 Å². The van der Waals surface area contributed by atoms with Crippen molar-refractivity contribution in [2.24, 2.45) is 11.1 Å². The largest absolute Gasteiger partial charge is 2.00 e. The van der Waals surface area contributed by atoms with Gasteiger partial charge < -0.3 is 24.7 Å². The molecular formula is C26H38CaFN3S. The van der Waals surface area contributed by atoms with Crippen LogP contribution in [0.15, 0.2) is 35.4 Å². The fraction of sp³-hybridized carbons (Fsp3) is 0.423. The van der Waals surface area contributed by atoms with Crippen LogP contribution < -0.4 is 5.73 Å². The van der Waals surface area contributed by atoms with E-state index in [0.29, 0.717) is 4.90 Å². The van der Waals surface area contributed by atoms with E-state index in [-0.39, 0.29) is 68.8 Å². The van der Waals surface area contributed by atoms with E-state index >= 15 is 0 Å². The van der Waals surface area contributed by atoms with Crippen molar-refractivity contribution in [1.29, 1.82) is 0 Å². The average molecular weight is 484 g/mol. The standard InChI is InChI=1S/C23H29FN3S.C2H6.CH3.Ca/c1-7-27-20-9-8-16(28-24)11-17(20)19(12-23(4,5)6)22(27)18-10-14(2)13-26-21(18)15(3)25;1-2;;/h8-11,13,15H,4,7,12,25H2,1-3,5-6H3;1-2H3;1H3;/q-1;;-1;+2. The zero-order valence-electron chi connectivity index (χ0n) is 21.1. The van der Waals surface area contributed by atoms with Crippen molar-refractivity contribution in [3.8, 4) is 11.3 Å². The fourth-order valence-corrected chi connectivity index (χ4v) is 4.16. The number of pyridine rings is 1. The number of benzene rings is 1. The van der Waals surface area contributed by atoms with Crippen LogP contribution in [0.5, 0.6) is 0 Å². The summed E-state index contributed by atoms with van der Waals surface area (Å²) in [5, 5.41) is 1.08. The SMILES string of the molecule is CC.[CH2-]C(C)(C)Cc1c(-c2cc(C)cnc2C(C)N)n(CC)c2ccc(SF)cc12.[CH3-].[Ca+2]. The minimum Gasteiger partial charge on any atom is -0.358 e. The third kappa shape index (κ3) is 6.96. The number of hydrogen-bond donors (Lipinski definition) is 1. The number of halogens is 1. The molecule has 172 valence electrons. The summed E-state index contributed by atoms with van der Waals surface area (Å²) in [6.45, 7) is 19.5. The van der Waals surface area contributed by atoms with Crippen LogP contribution in [0.2, 0.25) is 0 Å². The van der Waals surface area contributed by atoms with Gasteiger partial charge in [-0.1, -0.05) is 27.7 Å². The van der Waals surface area contributed by atoms with E-state index in [2.05, 4.69) is 43.3 Å². The molecular weight excluding hydrogens is 445 g/mol. The second-order valence-electron chi connectivity index (χ2n) is 8.40. The molecule has 0 aliphatic carbocycles. The Morgan fingerprint density at radius 3 is 2.38 bits per heavy atom. The molecule has 2 heterocycles. The maximum absolute atomic E-state index is 13.3. The van der Waals surface area contributed by atoms with E-state index in [0.717, 1.165) is 46.4 Å². The Labute approximate surface area is 229 Å². The Bertz CT molecular complexity index is 1010. The Balaban J connectivity index is 0.00000234. The van der Waals surface area contributed by atoms with Crippen molar-refractivity contribution < 1.29 is 3.89 Å². The number of rotatable bonds is 6. The van der Waals surface area contributed by atoms with Crippen molar-refractivity contribution in [1.82, 2.24) is 9.55 Å². The Kier molecular flexibility index (Phi) is 13.1. The Morgan fingerprint density at radius 1 is 1.25 bits per heavy atom. The summed E-state index contributed by atoms with van der Waals surface area (Å²) >= 11 is 0.282. The van der Waals surface area contributed by atoms with E-state index in [1.165, 1.54) is 5.56 Å². The Hall–Kier alpha value is -0.590. The van der Waals surface area contributed by atoms with Gasteiger partial charge in [0.15, 0.2) is 0 Å². The van der Waals surface area contributed by atoms with Crippen LogP contribution in [0, 0.1) is 26.7 Å². The fourth-order valence-electron chi connectivity index (χ4n) is 3.88. The zero-order chi connectivity index (χ0) is 22.6.